The zero-order valence-electron chi connectivity index (χ0n) is 13.5. The molecule has 0 aliphatic heterocycles. The fraction of sp³-hybridized carbons (Fsp3) is 0.500. The van der Waals surface area contributed by atoms with Crippen molar-refractivity contribution >= 4 is 21.9 Å². The molecule has 1 aromatic rings. The highest BCUT2D eigenvalue weighted by Crippen LogP contribution is 2.29. The highest BCUT2D eigenvalue weighted by atomic mass is 32.2. The van der Waals surface area contributed by atoms with E-state index in [1.54, 1.807) is 12.1 Å². The third-order valence-corrected chi connectivity index (χ3v) is 5.80. The van der Waals surface area contributed by atoms with Crippen LogP contribution < -0.4 is 10.0 Å². The summed E-state index contributed by atoms with van der Waals surface area (Å²) in [7, 11) is -2.17. The number of carbonyl (C=O) groups excluding carboxylic acids is 1. The molecular formula is C16H22N2O5S. The van der Waals surface area contributed by atoms with Gasteiger partial charge in [0.1, 0.15) is 0 Å². The number of hydrogen-bond donors (Lipinski definition) is 3. The quantitative estimate of drug-likeness (QED) is 0.708. The van der Waals surface area contributed by atoms with Crippen molar-refractivity contribution in [2.24, 2.45) is 11.8 Å². The van der Waals surface area contributed by atoms with Crippen molar-refractivity contribution in [1.82, 2.24) is 10.0 Å². The average molecular weight is 354 g/mol. The molecule has 3 N–H and O–H groups in total. The van der Waals surface area contributed by atoms with Gasteiger partial charge in [0, 0.05) is 12.5 Å². The molecule has 1 saturated carbocycles. The summed E-state index contributed by atoms with van der Waals surface area (Å²) in [5.41, 5.74) is 0.693. The Labute approximate surface area is 141 Å². The van der Waals surface area contributed by atoms with Gasteiger partial charge in [-0.1, -0.05) is 12.1 Å². The van der Waals surface area contributed by atoms with Crippen LogP contribution in [0.4, 0.5) is 0 Å². The Morgan fingerprint density at radius 1 is 1.17 bits per heavy atom. The van der Waals surface area contributed by atoms with Crippen LogP contribution >= 0.6 is 0 Å². The van der Waals surface area contributed by atoms with Gasteiger partial charge in [-0.2, -0.15) is 0 Å². The summed E-state index contributed by atoms with van der Waals surface area (Å²) in [5.74, 6) is -1.43. The molecule has 8 heteroatoms. The largest absolute Gasteiger partial charge is 0.481 e. The van der Waals surface area contributed by atoms with E-state index in [0.717, 1.165) is 0 Å². The summed E-state index contributed by atoms with van der Waals surface area (Å²) < 4.78 is 25.8. The van der Waals surface area contributed by atoms with Crippen LogP contribution in [0.5, 0.6) is 0 Å². The standard InChI is InChI=1S/C16H22N2O5S/c1-17-24(22,23)14-4-2-3-11(9-14)10-18-15(19)12-5-7-13(8-6-12)16(20)21/h2-4,9,12-13,17H,5-8,10H2,1H3,(H,18,19)(H,20,21). The van der Waals surface area contributed by atoms with Crippen LogP contribution in [-0.2, 0) is 26.2 Å². The molecule has 2 rings (SSSR count). The predicted octanol–water partition coefficient (Wildman–Crippen LogP) is 1.10. The van der Waals surface area contributed by atoms with Gasteiger partial charge >= 0.3 is 5.97 Å². The number of carboxylic acid groups (broad SMARTS) is 1. The van der Waals surface area contributed by atoms with Gasteiger partial charge in [0.05, 0.1) is 10.8 Å². The monoisotopic (exact) mass is 354 g/mol. The Morgan fingerprint density at radius 2 is 1.79 bits per heavy atom. The molecule has 132 valence electrons. The SMILES string of the molecule is CNS(=O)(=O)c1cccc(CNC(=O)C2CCC(C(=O)O)CC2)c1. The normalized spacial score (nSPS) is 21.2. The van der Waals surface area contributed by atoms with Crippen molar-refractivity contribution in [2.45, 2.75) is 37.1 Å². The van der Waals surface area contributed by atoms with Crippen molar-refractivity contribution in [3.8, 4) is 0 Å². The van der Waals surface area contributed by atoms with Gasteiger partial charge < -0.3 is 10.4 Å². The molecule has 1 aliphatic rings. The molecule has 1 aliphatic carbocycles. The first-order chi connectivity index (χ1) is 11.3. The summed E-state index contributed by atoms with van der Waals surface area (Å²) >= 11 is 0. The second-order valence-corrected chi connectivity index (χ2v) is 7.85. The molecule has 1 amide bonds. The van der Waals surface area contributed by atoms with E-state index in [2.05, 4.69) is 10.0 Å². The van der Waals surface area contributed by atoms with Crippen LogP contribution in [0.2, 0.25) is 0 Å². The van der Waals surface area contributed by atoms with Crippen LogP contribution in [0.15, 0.2) is 29.2 Å². The molecule has 1 aromatic carbocycles. The van der Waals surface area contributed by atoms with Crippen molar-refractivity contribution in [3.05, 3.63) is 29.8 Å². The first-order valence-corrected chi connectivity index (χ1v) is 9.35. The van der Waals surface area contributed by atoms with Crippen molar-refractivity contribution in [2.75, 3.05) is 7.05 Å². The zero-order valence-corrected chi connectivity index (χ0v) is 14.3. The van der Waals surface area contributed by atoms with Gasteiger partial charge in [0.2, 0.25) is 15.9 Å². The van der Waals surface area contributed by atoms with Gasteiger partial charge in [-0.15, -0.1) is 0 Å². The first kappa shape index (κ1) is 18.4. The first-order valence-electron chi connectivity index (χ1n) is 7.86. The highest BCUT2D eigenvalue weighted by Gasteiger charge is 2.29. The number of rotatable bonds is 6. The van der Waals surface area contributed by atoms with E-state index in [-0.39, 0.29) is 29.2 Å². The van der Waals surface area contributed by atoms with Crippen molar-refractivity contribution in [3.63, 3.8) is 0 Å². The second kappa shape index (κ2) is 7.76. The van der Waals surface area contributed by atoms with Crippen molar-refractivity contribution < 1.29 is 23.1 Å². The maximum atomic E-state index is 12.2. The summed E-state index contributed by atoms with van der Waals surface area (Å²) in [5, 5.41) is 11.8. The smallest absolute Gasteiger partial charge is 0.306 e. The molecule has 7 nitrogen and oxygen atoms in total. The molecular weight excluding hydrogens is 332 g/mol. The number of carbonyl (C=O) groups is 2. The number of aliphatic carboxylic acids is 1. The van der Waals surface area contributed by atoms with Crippen LogP contribution in [0.3, 0.4) is 0 Å². The Bertz CT molecular complexity index is 709. The number of sulfonamides is 1. The second-order valence-electron chi connectivity index (χ2n) is 5.96. The lowest BCUT2D eigenvalue weighted by molar-refractivity contribution is -0.144. The molecule has 1 fully saturated rings. The lowest BCUT2D eigenvalue weighted by atomic mass is 9.81. The topological polar surface area (TPSA) is 113 Å². The molecule has 0 aromatic heterocycles. The van der Waals surface area contributed by atoms with E-state index in [4.69, 9.17) is 5.11 Å². The van der Waals surface area contributed by atoms with E-state index in [1.807, 2.05) is 0 Å². The van der Waals surface area contributed by atoms with Crippen LogP contribution in [0, 0.1) is 11.8 Å². The number of benzene rings is 1. The summed E-state index contributed by atoms with van der Waals surface area (Å²) in [4.78, 5) is 23.3. The molecule has 0 spiro atoms. The molecule has 24 heavy (non-hydrogen) atoms. The van der Waals surface area contributed by atoms with Crippen LogP contribution in [0.25, 0.3) is 0 Å². The zero-order chi connectivity index (χ0) is 17.7. The van der Waals surface area contributed by atoms with Gasteiger partial charge in [0.15, 0.2) is 0 Å². The van der Waals surface area contributed by atoms with Crippen LogP contribution in [0.1, 0.15) is 31.2 Å². The average Bonchev–Trinajstić information content (AvgIpc) is 2.60. The molecule has 0 saturated heterocycles. The molecule has 0 atom stereocenters. The molecule has 0 heterocycles. The Hall–Kier alpha value is -1.93. The highest BCUT2D eigenvalue weighted by molar-refractivity contribution is 7.89. The van der Waals surface area contributed by atoms with E-state index < -0.39 is 16.0 Å². The number of carboxylic acids is 1. The molecule has 0 bridgehead atoms. The third-order valence-electron chi connectivity index (χ3n) is 4.39. The number of amides is 1. The maximum absolute atomic E-state index is 12.2. The minimum atomic E-state index is -3.51. The van der Waals surface area contributed by atoms with E-state index in [9.17, 15) is 18.0 Å². The number of hydrogen-bond acceptors (Lipinski definition) is 4. The minimum Gasteiger partial charge on any atom is -0.481 e. The lowest BCUT2D eigenvalue weighted by Gasteiger charge is -2.25. The molecule has 0 radical (unpaired) electrons. The summed E-state index contributed by atoms with van der Waals surface area (Å²) in [6.45, 7) is 0.241. The Morgan fingerprint density at radius 3 is 2.38 bits per heavy atom. The number of nitrogens with one attached hydrogen (secondary N) is 2. The third kappa shape index (κ3) is 4.55. The van der Waals surface area contributed by atoms with Crippen LogP contribution in [-0.4, -0.2) is 32.4 Å². The van der Waals surface area contributed by atoms with E-state index in [0.29, 0.717) is 31.2 Å². The van der Waals surface area contributed by atoms with Gasteiger partial charge in [-0.05, 0) is 50.4 Å². The van der Waals surface area contributed by atoms with E-state index in [1.165, 1.54) is 19.2 Å². The Kier molecular flexibility index (Phi) is 5.95. The predicted molar refractivity (Wildman–Crippen MR) is 87.6 cm³/mol. The fourth-order valence-electron chi connectivity index (χ4n) is 2.88. The maximum Gasteiger partial charge on any atom is 0.306 e. The molecule has 0 unspecified atom stereocenters. The van der Waals surface area contributed by atoms with Crippen molar-refractivity contribution in [1.29, 1.82) is 0 Å². The minimum absolute atomic E-state index is 0.110. The van der Waals surface area contributed by atoms with Gasteiger partial charge in [-0.3, -0.25) is 9.59 Å². The van der Waals surface area contributed by atoms with Gasteiger partial charge in [0.25, 0.3) is 0 Å². The lowest BCUT2D eigenvalue weighted by Crippen LogP contribution is -2.34. The Balaban J connectivity index is 1.91. The summed E-state index contributed by atoms with van der Waals surface area (Å²) in [6.07, 6.45) is 2.17. The van der Waals surface area contributed by atoms with E-state index >= 15 is 0 Å². The fourth-order valence-corrected chi connectivity index (χ4v) is 3.68. The summed E-state index contributed by atoms with van der Waals surface area (Å²) in [6, 6.07) is 6.39. The van der Waals surface area contributed by atoms with Gasteiger partial charge in [-0.25, -0.2) is 13.1 Å².